The quantitative estimate of drug-likeness (QED) is 0.137. The molecule has 2 rings (SSSR count). The van der Waals surface area contributed by atoms with Gasteiger partial charge in [0.25, 0.3) is 5.71 Å². The first-order valence-electron chi connectivity index (χ1n) is 10.1. The van der Waals surface area contributed by atoms with Crippen molar-refractivity contribution in [2.75, 3.05) is 24.7 Å². The van der Waals surface area contributed by atoms with Crippen LogP contribution in [0, 0.1) is 11.0 Å². The third-order valence-corrected chi connectivity index (χ3v) is 4.45. The zero-order chi connectivity index (χ0) is 23.7. The van der Waals surface area contributed by atoms with Crippen molar-refractivity contribution in [1.29, 1.82) is 0 Å². The standard InChI is InChI=1S/C23H25FN2O6/c1-4-15-25-21-17(10-8-11-18(21)24)22(23(25)29)26(30)16(13-14-20(28)32-6-3)9-7-12-19(27)31-5-2/h4,7-8,10-14,16H,1,5-6,9,15H2,2-3H3/b12-7+,14-13+,26-22+. The number of hydroxylamine groups is 1. The number of rotatable bonds is 10. The molecule has 0 saturated heterocycles. The van der Waals surface area contributed by atoms with Crippen LogP contribution in [-0.2, 0) is 23.9 Å². The fourth-order valence-electron chi connectivity index (χ4n) is 3.13. The zero-order valence-electron chi connectivity index (χ0n) is 18.0. The predicted octanol–water partition coefficient (Wildman–Crippen LogP) is 2.66. The number of halogens is 1. The molecule has 1 atom stereocenters. The maximum Gasteiger partial charge on any atom is 0.330 e. The maximum absolute atomic E-state index is 14.5. The lowest BCUT2D eigenvalue weighted by Crippen LogP contribution is -2.36. The van der Waals surface area contributed by atoms with Gasteiger partial charge < -0.3 is 14.7 Å². The molecular formula is C23H25FN2O6. The minimum Gasteiger partial charge on any atom is -0.623 e. The Morgan fingerprint density at radius 3 is 2.50 bits per heavy atom. The molecule has 0 saturated carbocycles. The Labute approximate surface area is 185 Å². The number of para-hydroxylation sites is 1. The van der Waals surface area contributed by atoms with Crippen LogP contribution in [0.5, 0.6) is 0 Å². The number of carbonyl (C=O) groups is 3. The lowest BCUT2D eigenvalue weighted by atomic mass is 10.1. The number of hydrogen-bond acceptors (Lipinski definition) is 6. The molecule has 1 aromatic rings. The first-order valence-corrected chi connectivity index (χ1v) is 10.1. The molecule has 1 unspecified atom stereocenters. The molecule has 1 aliphatic rings. The van der Waals surface area contributed by atoms with Crippen molar-refractivity contribution in [3.63, 3.8) is 0 Å². The molecule has 0 aliphatic carbocycles. The second-order valence-electron chi connectivity index (χ2n) is 6.58. The monoisotopic (exact) mass is 444 g/mol. The van der Waals surface area contributed by atoms with E-state index in [2.05, 4.69) is 6.58 Å². The fraction of sp³-hybridized carbons (Fsp3) is 0.304. The third-order valence-electron chi connectivity index (χ3n) is 4.45. The van der Waals surface area contributed by atoms with Gasteiger partial charge >= 0.3 is 17.8 Å². The summed E-state index contributed by atoms with van der Waals surface area (Å²) in [7, 11) is 0. The van der Waals surface area contributed by atoms with Crippen molar-refractivity contribution in [1.82, 2.24) is 0 Å². The zero-order valence-corrected chi connectivity index (χ0v) is 18.0. The second kappa shape index (κ2) is 11.6. The summed E-state index contributed by atoms with van der Waals surface area (Å²) in [4.78, 5) is 37.4. The van der Waals surface area contributed by atoms with Crippen molar-refractivity contribution in [3.8, 4) is 0 Å². The summed E-state index contributed by atoms with van der Waals surface area (Å²) in [6, 6.07) is 3.01. The van der Waals surface area contributed by atoms with E-state index >= 15 is 0 Å². The Morgan fingerprint density at radius 2 is 1.88 bits per heavy atom. The highest BCUT2D eigenvalue weighted by atomic mass is 19.1. The highest BCUT2D eigenvalue weighted by Crippen LogP contribution is 2.32. The summed E-state index contributed by atoms with van der Waals surface area (Å²) in [6.45, 7) is 7.22. The second-order valence-corrected chi connectivity index (χ2v) is 6.58. The highest BCUT2D eigenvalue weighted by molar-refractivity contribution is 6.52. The topological polar surface area (TPSA) is 99.0 Å². The van der Waals surface area contributed by atoms with E-state index in [0.29, 0.717) is 4.74 Å². The average Bonchev–Trinajstić information content (AvgIpc) is 3.03. The van der Waals surface area contributed by atoms with Crippen LogP contribution in [0.3, 0.4) is 0 Å². The third kappa shape index (κ3) is 5.69. The molecule has 0 aromatic heterocycles. The summed E-state index contributed by atoms with van der Waals surface area (Å²) in [5.41, 5.74) is -0.149. The van der Waals surface area contributed by atoms with E-state index in [9.17, 15) is 24.0 Å². The minimum absolute atomic E-state index is 0.0101. The number of hydrogen-bond donors (Lipinski definition) is 0. The van der Waals surface area contributed by atoms with Gasteiger partial charge in [-0.25, -0.2) is 14.0 Å². The Morgan fingerprint density at radius 1 is 1.22 bits per heavy atom. The lowest BCUT2D eigenvalue weighted by molar-refractivity contribution is -0.485. The first kappa shape index (κ1) is 24.5. The van der Waals surface area contributed by atoms with Crippen molar-refractivity contribution in [3.05, 3.63) is 71.7 Å². The molecule has 170 valence electrons. The molecule has 0 bridgehead atoms. The predicted molar refractivity (Wildman–Crippen MR) is 117 cm³/mol. The van der Waals surface area contributed by atoms with E-state index in [1.54, 1.807) is 13.8 Å². The van der Waals surface area contributed by atoms with Gasteiger partial charge in [0.15, 0.2) is 6.04 Å². The number of esters is 2. The van der Waals surface area contributed by atoms with Crippen LogP contribution in [0.4, 0.5) is 10.1 Å². The van der Waals surface area contributed by atoms with Gasteiger partial charge in [-0.15, -0.1) is 6.58 Å². The Hall–Kier alpha value is -3.75. The summed E-state index contributed by atoms with van der Waals surface area (Å²) in [6.07, 6.45) is 6.30. The van der Waals surface area contributed by atoms with Gasteiger partial charge in [0.05, 0.1) is 24.5 Å². The smallest absolute Gasteiger partial charge is 0.330 e. The number of ether oxygens (including phenoxy) is 2. The SMILES string of the molecule is C=CCN1C(=O)/C(=[N+](/[O-])C(/C=C/C(=O)OCC)C/C=C/C(=O)OCC)c2cccc(F)c21. The molecule has 32 heavy (non-hydrogen) atoms. The number of amides is 1. The van der Waals surface area contributed by atoms with E-state index < -0.39 is 29.7 Å². The van der Waals surface area contributed by atoms with E-state index in [0.717, 1.165) is 17.1 Å². The number of benzene rings is 1. The van der Waals surface area contributed by atoms with Crippen LogP contribution in [0.1, 0.15) is 25.8 Å². The summed E-state index contributed by atoms with van der Waals surface area (Å²) in [5.74, 6) is -2.60. The molecule has 1 aromatic carbocycles. The fourth-order valence-corrected chi connectivity index (χ4v) is 3.13. The maximum atomic E-state index is 14.5. The van der Waals surface area contributed by atoms with Gasteiger partial charge in [-0.05, 0) is 32.1 Å². The lowest BCUT2D eigenvalue weighted by Gasteiger charge is -2.15. The van der Waals surface area contributed by atoms with Crippen molar-refractivity contribution >= 4 is 29.2 Å². The van der Waals surface area contributed by atoms with Gasteiger partial charge in [-0.2, -0.15) is 4.74 Å². The number of carbonyl (C=O) groups excluding carboxylic acids is 3. The van der Waals surface area contributed by atoms with Crippen molar-refractivity contribution < 1.29 is 33.0 Å². The number of nitrogens with zero attached hydrogens (tertiary/aromatic N) is 2. The summed E-state index contributed by atoms with van der Waals surface area (Å²) < 4.78 is 24.5. The molecule has 1 aliphatic heterocycles. The molecular weight excluding hydrogens is 419 g/mol. The molecule has 9 heteroatoms. The molecule has 1 amide bonds. The van der Waals surface area contributed by atoms with Crippen LogP contribution in [0.2, 0.25) is 0 Å². The normalized spacial score (nSPS) is 15.7. The number of fused-ring (bicyclic) bond motifs is 1. The van der Waals surface area contributed by atoms with E-state index in [1.807, 2.05) is 0 Å². The van der Waals surface area contributed by atoms with Gasteiger partial charge in [0.1, 0.15) is 5.82 Å². The summed E-state index contributed by atoms with van der Waals surface area (Å²) >= 11 is 0. The van der Waals surface area contributed by atoms with Gasteiger partial charge in [0, 0.05) is 25.1 Å². The first-order chi connectivity index (χ1) is 15.3. The van der Waals surface area contributed by atoms with Crippen LogP contribution >= 0.6 is 0 Å². The molecule has 0 spiro atoms. The Bertz CT molecular complexity index is 983. The van der Waals surface area contributed by atoms with E-state index in [4.69, 9.17) is 9.47 Å². The van der Waals surface area contributed by atoms with E-state index in [1.165, 1.54) is 36.4 Å². The molecule has 0 fully saturated rings. The summed E-state index contributed by atoms with van der Waals surface area (Å²) in [5, 5.41) is 13.3. The van der Waals surface area contributed by atoms with Crippen molar-refractivity contribution in [2.45, 2.75) is 26.3 Å². The largest absolute Gasteiger partial charge is 0.623 e. The molecule has 0 N–H and O–H groups in total. The minimum atomic E-state index is -1.05. The van der Waals surface area contributed by atoms with Gasteiger partial charge in [-0.3, -0.25) is 9.69 Å². The Kier molecular flexibility index (Phi) is 8.88. The molecule has 1 heterocycles. The van der Waals surface area contributed by atoms with Gasteiger partial charge in [-0.1, -0.05) is 18.2 Å². The van der Waals surface area contributed by atoms with Crippen LogP contribution < -0.4 is 4.90 Å². The van der Waals surface area contributed by atoms with Gasteiger partial charge in [0.2, 0.25) is 0 Å². The van der Waals surface area contributed by atoms with Crippen LogP contribution in [-0.4, -0.2) is 54.1 Å². The Balaban J connectivity index is 2.50. The molecule has 0 radical (unpaired) electrons. The van der Waals surface area contributed by atoms with Crippen molar-refractivity contribution in [2.24, 2.45) is 0 Å². The van der Waals surface area contributed by atoms with Crippen LogP contribution in [0.25, 0.3) is 0 Å². The average molecular weight is 444 g/mol. The highest BCUT2D eigenvalue weighted by Gasteiger charge is 2.42. The van der Waals surface area contributed by atoms with Crippen LogP contribution in [0.15, 0.2) is 55.2 Å². The molecule has 8 nitrogen and oxygen atoms in total. The number of anilines is 1. The van der Waals surface area contributed by atoms with E-state index in [-0.39, 0.29) is 43.1 Å².